The van der Waals surface area contributed by atoms with E-state index in [0.717, 1.165) is 6.42 Å². The number of rotatable bonds is 2. The van der Waals surface area contributed by atoms with E-state index in [1.165, 1.54) is 39.4 Å². The van der Waals surface area contributed by atoms with Gasteiger partial charge in [0.25, 0.3) is 0 Å². The molecule has 1 heterocycles. The summed E-state index contributed by atoms with van der Waals surface area (Å²) in [7, 11) is 2.05. The summed E-state index contributed by atoms with van der Waals surface area (Å²) in [6.45, 7) is 0. The minimum absolute atomic E-state index is 0.497. The molecular weight excluding hydrogens is 256 g/mol. The number of benzene rings is 2. The highest BCUT2D eigenvalue weighted by Crippen LogP contribution is 2.39. The third-order valence-corrected chi connectivity index (χ3v) is 4.59. The summed E-state index contributed by atoms with van der Waals surface area (Å²) >= 11 is 0. The molecule has 1 aliphatic rings. The van der Waals surface area contributed by atoms with Crippen LogP contribution < -0.4 is 5.32 Å². The molecule has 0 fully saturated rings. The van der Waals surface area contributed by atoms with E-state index in [1.807, 2.05) is 12.4 Å². The molecule has 4 rings (SSSR count). The van der Waals surface area contributed by atoms with Gasteiger partial charge in [0, 0.05) is 23.8 Å². The minimum atomic E-state index is 0.497. The molecule has 0 amide bonds. The summed E-state index contributed by atoms with van der Waals surface area (Å²) in [6, 6.07) is 15.8. The standard InChI is InChI=1S/C19H18N2/c1-20-19-9-8-17-16(6-3-7-18(17)19)15-5-2-4-13-12-21-11-10-14(13)15/h2-7,10-12,19-20H,8-9H2,1H3. The summed E-state index contributed by atoms with van der Waals surface area (Å²) in [5.74, 6) is 0. The maximum absolute atomic E-state index is 4.24. The lowest BCUT2D eigenvalue weighted by atomic mass is 9.93. The summed E-state index contributed by atoms with van der Waals surface area (Å²) in [6.07, 6.45) is 6.16. The van der Waals surface area contributed by atoms with Crippen LogP contribution in [0.15, 0.2) is 54.9 Å². The Kier molecular flexibility index (Phi) is 2.97. The molecule has 0 radical (unpaired) electrons. The van der Waals surface area contributed by atoms with Crippen molar-refractivity contribution < 1.29 is 0 Å². The normalized spacial score (nSPS) is 17.1. The van der Waals surface area contributed by atoms with Crippen LogP contribution in [0.5, 0.6) is 0 Å². The Labute approximate surface area is 124 Å². The Hall–Kier alpha value is -2.19. The monoisotopic (exact) mass is 274 g/mol. The molecule has 0 bridgehead atoms. The van der Waals surface area contributed by atoms with Crippen molar-refractivity contribution in [1.29, 1.82) is 0 Å². The summed E-state index contributed by atoms with van der Waals surface area (Å²) in [5, 5.41) is 5.92. The van der Waals surface area contributed by atoms with Gasteiger partial charge in [0.15, 0.2) is 0 Å². The first-order valence-corrected chi connectivity index (χ1v) is 7.50. The Balaban J connectivity index is 1.97. The fourth-order valence-electron chi connectivity index (χ4n) is 3.56. The predicted octanol–water partition coefficient (Wildman–Crippen LogP) is 4.11. The molecule has 1 atom stereocenters. The Bertz CT molecular complexity index is 802. The van der Waals surface area contributed by atoms with Gasteiger partial charge in [-0.05, 0) is 53.6 Å². The predicted molar refractivity (Wildman–Crippen MR) is 87.3 cm³/mol. The van der Waals surface area contributed by atoms with Crippen LogP contribution in [0.2, 0.25) is 0 Å². The molecule has 104 valence electrons. The highest BCUT2D eigenvalue weighted by molar-refractivity contribution is 5.97. The van der Waals surface area contributed by atoms with E-state index in [9.17, 15) is 0 Å². The Morgan fingerprint density at radius 2 is 1.90 bits per heavy atom. The zero-order valence-electron chi connectivity index (χ0n) is 12.1. The molecule has 0 aliphatic heterocycles. The molecule has 2 nitrogen and oxygen atoms in total. The highest BCUT2D eigenvalue weighted by Gasteiger charge is 2.23. The fourth-order valence-corrected chi connectivity index (χ4v) is 3.56. The molecule has 0 saturated heterocycles. The van der Waals surface area contributed by atoms with Crippen LogP contribution in [0, 0.1) is 0 Å². The molecule has 0 saturated carbocycles. The van der Waals surface area contributed by atoms with Crippen LogP contribution >= 0.6 is 0 Å². The van der Waals surface area contributed by atoms with Crippen molar-refractivity contribution in [3.8, 4) is 11.1 Å². The zero-order chi connectivity index (χ0) is 14.2. The second kappa shape index (κ2) is 4.97. The first-order chi connectivity index (χ1) is 10.4. The zero-order valence-corrected chi connectivity index (χ0v) is 12.1. The summed E-state index contributed by atoms with van der Waals surface area (Å²) in [5.41, 5.74) is 5.66. The van der Waals surface area contributed by atoms with Crippen molar-refractivity contribution >= 4 is 10.8 Å². The number of nitrogens with one attached hydrogen (secondary N) is 1. The number of aromatic nitrogens is 1. The molecule has 2 aromatic carbocycles. The number of hydrogen-bond acceptors (Lipinski definition) is 2. The van der Waals surface area contributed by atoms with Crippen molar-refractivity contribution in [2.24, 2.45) is 0 Å². The van der Waals surface area contributed by atoms with Crippen LogP contribution in [0.25, 0.3) is 21.9 Å². The molecule has 1 aliphatic carbocycles. The van der Waals surface area contributed by atoms with E-state index >= 15 is 0 Å². The van der Waals surface area contributed by atoms with Crippen molar-refractivity contribution in [2.75, 3.05) is 7.05 Å². The van der Waals surface area contributed by atoms with Crippen LogP contribution in [-0.2, 0) is 6.42 Å². The molecule has 1 N–H and O–H groups in total. The second-order valence-electron chi connectivity index (χ2n) is 5.66. The maximum atomic E-state index is 4.24. The van der Waals surface area contributed by atoms with Gasteiger partial charge < -0.3 is 5.32 Å². The number of pyridine rings is 1. The smallest absolute Gasteiger partial charge is 0.0346 e. The van der Waals surface area contributed by atoms with Gasteiger partial charge in [-0.3, -0.25) is 4.98 Å². The molecule has 2 heteroatoms. The van der Waals surface area contributed by atoms with Crippen LogP contribution in [0.3, 0.4) is 0 Å². The lowest BCUT2D eigenvalue weighted by molar-refractivity contribution is 0.590. The molecule has 21 heavy (non-hydrogen) atoms. The minimum Gasteiger partial charge on any atom is -0.313 e. The van der Waals surface area contributed by atoms with Gasteiger partial charge in [-0.25, -0.2) is 0 Å². The van der Waals surface area contributed by atoms with E-state index < -0.39 is 0 Å². The number of hydrogen-bond donors (Lipinski definition) is 1. The summed E-state index contributed by atoms with van der Waals surface area (Å²) < 4.78 is 0. The van der Waals surface area contributed by atoms with Crippen molar-refractivity contribution in [1.82, 2.24) is 10.3 Å². The van der Waals surface area contributed by atoms with Gasteiger partial charge >= 0.3 is 0 Å². The third kappa shape index (κ3) is 1.95. The third-order valence-electron chi connectivity index (χ3n) is 4.59. The van der Waals surface area contributed by atoms with Crippen LogP contribution in [0.1, 0.15) is 23.6 Å². The lowest BCUT2D eigenvalue weighted by Gasteiger charge is -2.13. The van der Waals surface area contributed by atoms with E-state index in [0.29, 0.717) is 6.04 Å². The van der Waals surface area contributed by atoms with Gasteiger partial charge in [0.05, 0.1) is 0 Å². The van der Waals surface area contributed by atoms with E-state index in [2.05, 4.69) is 59.8 Å². The van der Waals surface area contributed by atoms with Gasteiger partial charge in [-0.1, -0.05) is 36.4 Å². The Morgan fingerprint density at radius 1 is 1.05 bits per heavy atom. The quantitative estimate of drug-likeness (QED) is 0.760. The molecule has 3 aromatic rings. The average Bonchev–Trinajstić information content (AvgIpc) is 2.97. The molecule has 0 spiro atoms. The topological polar surface area (TPSA) is 24.9 Å². The van der Waals surface area contributed by atoms with Crippen molar-refractivity contribution in [2.45, 2.75) is 18.9 Å². The van der Waals surface area contributed by atoms with Crippen molar-refractivity contribution in [3.63, 3.8) is 0 Å². The number of nitrogens with zero attached hydrogens (tertiary/aromatic N) is 1. The first-order valence-electron chi connectivity index (χ1n) is 7.50. The summed E-state index contributed by atoms with van der Waals surface area (Å²) in [4.78, 5) is 4.24. The van der Waals surface area contributed by atoms with E-state index in [-0.39, 0.29) is 0 Å². The van der Waals surface area contributed by atoms with Gasteiger partial charge in [-0.2, -0.15) is 0 Å². The van der Waals surface area contributed by atoms with Crippen molar-refractivity contribution in [3.05, 3.63) is 66.0 Å². The van der Waals surface area contributed by atoms with Gasteiger partial charge in [0.2, 0.25) is 0 Å². The lowest BCUT2D eigenvalue weighted by Crippen LogP contribution is -2.12. The van der Waals surface area contributed by atoms with Crippen LogP contribution in [0.4, 0.5) is 0 Å². The number of fused-ring (bicyclic) bond motifs is 2. The van der Waals surface area contributed by atoms with Gasteiger partial charge in [0.1, 0.15) is 0 Å². The molecular formula is C19H18N2. The average molecular weight is 274 g/mol. The SMILES string of the molecule is CNC1CCc2c(-c3cccc4cnccc34)cccc21. The Morgan fingerprint density at radius 3 is 2.81 bits per heavy atom. The molecule has 1 aromatic heterocycles. The first kappa shape index (κ1) is 12.5. The van der Waals surface area contributed by atoms with E-state index in [1.54, 1.807) is 0 Å². The maximum Gasteiger partial charge on any atom is 0.0346 e. The fraction of sp³-hybridized carbons (Fsp3) is 0.211. The largest absolute Gasteiger partial charge is 0.313 e. The molecule has 1 unspecified atom stereocenters. The van der Waals surface area contributed by atoms with Crippen LogP contribution in [-0.4, -0.2) is 12.0 Å². The highest BCUT2D eigenvalue weighted by atomic mass is 14.9. The second-order valence-corrected chi connectivity index (χ2v) is 5.66. The van der Waals surface area contributed by atoms with Gasteiger partial charge in [-0.15, -0.1) is 0 Å². The van der Waals surface area contributed by atoms with E-state index in [4.69, 9.17) is 0 Å².